The summed E-state index contributed by atoms with van der Waals surface area (Å²) in [5.41, 5.74) is 1.10. The number of carbonyl (C=O) groups excluding carboxylic acids is 1. The van der Waals surface area contributed by atoms with Crippen molar-refractivity contribution in [3.8, 4) is 0 Å². The lowest BCUT2D eigenvalue weighted by molar-refractivity contribution is -0.116. The number of carbonyl (C=O) groups is 1. The molecule has 0 atom stereocenters. The first-order valence-corrected chi connectivity index (χ1v) is 10.4. The summed E-state index contributed by atoms with van der Waals surface area (Å²) in [4.78, 5) is 47.8. The normalized spacial score (nSPS) is 11.1. The molecule has 0 saturated carbocycles. The van der Waals surface area contributed by atoms with Crippen molar-refractivity contribution in [1.29, 1.82) is 0 Å². The van der Waals surface area contributed by atoms with Crippen LogP contribution in [0.15, 0.2) is 64.6 Å². The van der Waals surface area contributed by atoms with Gasteiger partial charge >= 0.3 is 5.69 Å². The Kier molecular flexibility index (Phi) is 6.45. The zero-order chi connectivity index (χ0) is 23.4. The van der Waals surface area contributed by atoms with Crippen LogP contribution in [0.2, 0.25) is 0 Å². The largest absolute Gasteiger partial charge is 0.383 e. The number of methoxy groups -OCH3 is 1. The van der Waals surface area contributed by atoms with Crippen LogP contribution in [0, 0.1) is 6.92 Å². The lowest BCUT2D eigenvalue weighted by Gasteiger charge is -2.13. The number of ether oxygens (including phenoxy) is 1. The van der Waals surface area contributed by atoms with Crippen LogP contribution in [0.25, 0.3) is 11.2 Å². The van der Waals surface area contributed by atoms with Crippen LogP contribution in [-0.2, 0) is 29.2 Å². The van der Waals surface area contributed by atoms with Gasteiger partial charge in [0, 0.05) is 19.9 Å². The highest BCUT2D eigenvalue weighted by atomic mass is 16.5. The molecule has 0 aliphatic rings. The Balaban J connectivity index is 1.78. The number of nitrogens with one attached hydrogen (secondary N) is 1. The van der Waals surface area contributed by atoms with Gasteiger partial charge in [-0.2, -0.15) is 0 Å². The molecule has 3 aromatic heterocycles. The van der Waals surface area contributed by atoms with Gasteiger partial charge in [-0.05, 0) is 30.2 Å². The number of nitrogens with zero attached hydrogens (tertiary/aromatic N) is 5. The van der Waals surface area contributed by atoms with E-state index in [-0.39, 0.29) is 17.7 Å². The molecule has 0 aliphatic carbocycles. The van der Waals surface area contributed by atoms with E-state index >= 15 is 0 Å². The summed E-state index contributed by atoms with van der Waals surface area (Å²) in [6.45, 7) is 2.37. The van der Waals surface area contributed by atoms with Crippen LogP contribution >= 0.6 is 0 Å². The highest BCUT2D eigenvalue weighted by Crippen LogP contribution is 2.10. The molecule has 1 aromatic carbocycles. The second-order valence-corrected chi connectivity index (χ2v) is 7.62. The number of anilines is 1. The Morgan fingerprint density at radius 1 is 1.09 bits per heavy atom. The molecule has 0 unspecified atom stereocenters. The second kappa shape index (κ2) is 9.61. The summed E-state index contributed by atoms with van der Waals surface area (Å²) in [5, 5.41) is 2.65. The Morgan fingerprint density at radius 2 is 1.88 bits per heavy atom. The molecule has 0 aliphatic heterocycles. The minimum absolute atomic E-state index is 0.207. The number of imidazole rings is 1. The summed E-state index contributed by atoms with van der Waals surface area (Å²) in [6, 6.07) is 12.9. The van der Waals surface area contributed by atoms with Crippen molar-refractivity contribution < 1.29 is 9.53 Å². The van der Waals surface area contributed by atoms with Crippen molar-refractivity contribution in [2.45, 2.75) is 26.6 Å². The SMILES string of the molecule is COCCn1cnc2c1c(=O)n(CC(=O)Nc1cc(C)ccn1)c(=O)n2Cc1ccccc1. The monoisotopic (exact) mass is 448 g/mol. The van der Waals surface area contributed by atoms with Gasteiger partial charge in [-0.15, -0.1) is 0 Å². The number of benzene rings is 1. The maximum atomic E-state index is 13.3. The fourth-order valence-corrected chi connectivity index (χ4v) is 3.58. The molecule has 0 saturated heterocycles. The van der Waals surface area contributed by atoms with Crippen molar-refractivity contribution in [3.05, 3.63) is 87.0 Å². The molecule has 33 heavy (non-hydrogen) atoms. The van der Waals surface area contributed by atoms with Gasteiger partial charge in [0.2, 0.25) is 5.91 Å². The molecule has 0 spiro atoms. The first kappa shape index (κ1) is 22.2. The first-order chi connectivity index (χ1) is 16.0. The third-order valence-electron chi connectivity index (χ3n) is 5.19. The van der Waals surface area contributed by atoms with Gasteiger partial charge in [0.05, 0.1) is 19.5 Å². The minimum atomic E-state index is -0.610. The number of amides is 1. The van der Waals surface area contributed by atoms with Crippen LogP contribution < -0.4 is 16.6 Å². The van der Waals surface area contributed by atoms with Crippen molar-refractivity contribution in [1.82, 2.24) is 23.7 Å². The molecule has 4 aromatic rings. The summed E-state index contributed by atoms with van der Waals surface area (Å²) >= 11 is 0. The van der Waals surface area contributed by atoms with E-state index in [0.717, 1.165) is 15.7 Å². The quantitative estimate of drug-likeness (QED) is 0.436. The predicted octanol–water partition coefficient (Wildman–Crippen LogP) is 1.40. The van der Waals surface area contributed by atoms with Crippen LogP contribution in [0.4, 0.5) is 5.82 Å². The topological polar surface area (TPSA) is 113 Å². The fourth-order valence-electron chi connectivity index (χ4n) is 3.58. The van der Waals surface area contributed by atoms with Gasteiger partial charge in [0.15, 0.2) is 11.2 Å². The van der Waals surface area contributed by atoms with Crippen LogP contribution in [-0.4, -0.2) is 43.3 Å². The van der Waals surface area contributed by atoms with E-state index in [2.05, 4.69) is 15.3 Å². The number of aromatic nitrogens is 5. The van der Waals surface area contributed by atoms with Crippen molar-refractivity contribution >= 4 is 22.9 Å². The van der Waals surface area contributed by atoms with Crippen LogP contribution in [0.3, 0.4) is 0 Å². The van der Waals surface area contributed by atoms with Crippen LogP contribution in [0.1, 0.15) is 11.1 Å². The zero-order valence-electron chi connectivity index (χ0n) is 18.4. The molecule has 0 radical (unpaired) electrons. The maximum Gasteiger partial charge on any atom is 0.333 e. The average molecular weight is 448 g/mol. The second-order valence-electron chi connectivity index (χ2n) is 7.62. The highest BCUT2D eigenvalue weighted by Gasteiger charge is 2.20. The summed E-state index contributed by atoms with van der Waals surface area (Å²) in [7, 11) is 1.56. The van der Waals surface area contributed by atoms with Gasteiger partial charge in [-0.3, -0.25) is 14.2 Å². The standard InChI is InChI=1S/C23H24N6O4/c1-16-8-9-24-18(12-16)26-19(30)14-29-22(31)20-21(25-15-27(20)10-11-33-2)28(23(29)32)13-17-6-4-3-5-7-17/h3-9,12,15H,10-11,13-14H2,1-2H3,(H,24,26,30). The van der Waals surface area contributed by atoms with E-state index in [1.165, 1.54) is 10.9 Å². The molecule has 0 fully saturated rings. The molecule has 1 N–H and O–H groups in total. The number of pyridine rings is 1. The zero-order valence-corrected chi connectivity index (χ0v) is 18.4. The summed E-state index contributed by atoms with van der Waals surface area (Å²) < 4.78 is 9.11. The lowest BCUT2D eigenvalue weighted by Crippen LogP contribution is -2.43. The van der Waals surface area contributed by atoms with Gasteiger partial charge < -0.3 is 14.6 Å². The van der Waals surface area contributed by atoms with Crippen molar-refractivity contribution in [2.24, 2.45) is 0 Å². The summed E-state index contributed by atoms with van der Waals surface area (Å²) in [6.07, 6.45) is 3.08. The van der Waals surface area contributed by atoms with Crippen molar-refractivity contribution in [3.63, 3.8) is 0 Å². The van der Waals surface area contributed by atoms with Gasteiger partial charge in [-0.25, -0.2) is 19.3 Å². The van der Waals surface area contributed by atoms with E-state index in [4.69, 9.17) is 4.74 Å². The Labute approximate surface area is 189 Å². The molecule has 10 heteroatoms. The number of fused-ring (bicyclic) bond motifs is 1. The van der Waals surface area contributed by atoms with Crippen molar-refractivity contribution in [2.75, 3.05) is 19.0 Å². The molecular formula is C23H24N6O4. The smallest absolute Gasteiger partial charge is 0.333 e. The Bertz CT molecular complexity index is 1400. The molecule has 4 rings (SSSR count). The third kappa shape index (κ3) is 4.75. The first-order valence-electron chi connectivity index (χ1n) is 10.4. The van der Waals surface area contributed by atoms with Gasteiger partial charge in [-0.1, -0.05) is 30.3 Å². The third-order valence-corrected chi connectivity index (χ3v) is 5.19. The molecular weight excluding hydrogens is 424 g/mol. The van der Waals surface area contributed by atoms with E-state index in [9.17, 15) is 14.4 Å². The number of aryl methyl sites for hydroxylation is 1. The lowest BCUT2D eigenvalue weighted by atomic mass is 10.2. The van der Waals surface area contributed by atoms with E-state index in [0.29, 0.717) is 19.0 Å². The fraction of sp³-hybridized carbons (Fsp3) is 0.261. The maximum absolute atomic E-state index is 13.3. The van der Waals surface area contributed by atoms with E-state index < -0.39 is 23.7 Å². The average Bonchev–Trinajstić information content (AvgIpc) is 3.23. The molecule has 1 amide bonds. The van der Waals surface area contributed by atoms with Gasteiger partial charge in [0.25, 0.3) is 5.56 Å². The number of rotatable bonds is 8. The van der Waals surface area contributed by atoms with Crippen LogP contribution in [0.5, 0.6) is 0 Å². The van der Waals surface area contributed by atoms with Gasteiger partial charge in [0.1, 0.15) is 12.4 Å². The highest BCUT2D eigenvalue weighted by molar-refractivity contribution is 5.89. The minimum Gasteiger partial charge on any atom is -0.383 e. The Morgan fingerprint density at radius 3 is 2.61 bits per heavy atom. The summed E-state index contributed by atoms with van der Waals surface area (Å²) in [5.74, 6) is -0.176. The Hall–Kier alpha value is -4.05. The number of hydrogen-bond acceptors (Lipinski definition) is 6. The van der Waals surface area contributed by atoms with E-state index in [1.54, 1.807) is 30.0 Å². The predicted molar refractivity (Wildman–Crippen MR) is 123 cm³/mol. The molecule has 0 bridgehead atoms. The van der Waals surface area contributed by atoms with E-state index in [1.807, 2.05) is 37.3 Å². The number of hydrogen-bond donors (Lipinski definition) is 1. The molecule has 10 nitrogen and oxygen atoms in total. The molecule has 3 heterocycles. The molecule has 170 valence electrons.